The smallest absolute Gasteiger partial charge is 0.0406 e. The van der Waals surface area contributed by atoms with Gasteiger partial charge in [0.15, 0.2) is 0 Å². The molecular formula is C11H12ClN. The van der Waals surface area contributed by atoms with Gasteiger partial charge in [-0.05, 0) is 30.7 Å². The fourth-order valence-corrected chi connectivity index (χ4v) is 1.63. The van der Waals surface area contributed by atoms with Crippen LogP contribution in [0.4, 0.5) is 0 Å². The van der Waals surface area contributed by atoms with Crippen LogP contribution in [0.3, 0.4) is 0 Å². The molecule has 0 unspecified atom stereocenters. The van der Waals surface area contributed by atoms with Crippen LogP contribution >= 0.6 is 11.6 Å². The number of rotatable bonds is 1. The van der Waals surface area contributed by atoms with Gasteiger partial charge in [-0.1, -0.05) is 35.4 Å². The van der Waals surface area contributed by atoms with Crippen LogP contribution in [0, 0.1) is 0 Å². The number of nitrogens with one attached hydrogen (secondary N) is 1. The van der Waals surface area contributed by atoms with Gasteiger partial charge in [0, 0.05) is 11.6 Å². The Kier molecular flexibility index (Phi) is 2.67. The maximum Gasteiger partial charge on any atom is 0.0406 e. The van der Waals surface area contributed by atoms with E-state index in [1.807, 2.05) is 24.3 Å². The Labute approximate surface area is 83.4 Å². The van der Waals surface area contributed by atoms with Gasteiger partial charge in [-0.2, -0.15) is 0 Å². The first-order valence-electron chi connectivity index (χ1n) is 4.50. The standard InChI is InChI=1S/C11H12ClN/c12-11-3-1-9(2-4-11)7-10-5-6-13-8-10/h1-4,7,13H,5-6,8H2. The molecule has 0 aliphatic carbocycles. The quantitative estimate of drug-likeness (QED) is 0.723. The summed E-state index contributed by atoms with van der Waals surface area (Å²) >= 11 is 5.80. The topological polar surface area (TPSA) is 12.0 Å². The van der Waals surface area contributed by atoms with Gasteiger partial charge in [-0.15, -0.1) is 0 Å². The van der Waals surface area contributed by atoms with Gasteiger partial charge in [0.25, 0.3) is 0 Å². The third kappa shape index (κ3) is 2.33. The third-order valence-corrected chi connectivity index (χ3v) is 2.47. The summed E-state index contributed by atoms with van der Waals surface area (Å²) in [5.74, 6) is 0. The number of hydrogen-bond donors (Lipinski definition) is 1. The van der Waals surface area contributed by atoms with Crippen molar-refractivity contribution in [1.29, 1.82) is 0 Å². The van der Waals surface area contributed by atoms with Gasteiger partial charge >= 0.3 is 0 Å². The summed E-state index contributed by atoms with van der Waals surface area (Å²) in [5, 5.41) is 4.11. The molecule has 0 spiro atoms. The molecular weight excluding hydrogens is 182 g/mol. The summed E-state index contributed by atoms with van der Waals surface area (Å²) in [6.45, 7) is 2.14. The molecule has 1 nitrogen and oxygen atoms in total. The second-order valence-corrected chi connectivity index (χ2v) is 3.72. The minimum absolute atomic E-state index is 0.798. The van der Waals surface area contributed by atoms with Crippen LogP contribution in [0.2, 0.25) is 5.02 Å². The van der Waals surface area contributed by atoms with Crippen molar-refractivity contribution in [2.45, 2.75) is 6.42 Å². The van der Waals surface area contributed by atoms with E-state index in [1.54, 1.807) is 0 Å². The van der Waals surface area contributed by atoms with Crippen molar-refractivity contribution in [1.82, 2.24) is 5.32 Å². The number of benzene rings is 1. The van der Waals surface area contributed by atoms with Crippen molar-refractivity contribution in [3.05, 3.63) is 40.4 Å². The van der Waals surface area contributed by atoms with E-state index in [-0.39, 0.29) is 0 Å². The van der Waals surface area contributed by atoms with Gasteiger partial charge < -0.3 is 5.32 Å². The van der Waals surface area contributed by atoms with Gasteiger partial charge in [-0.3, -0.25) is 0 Å². The Hall–Kier alpha value is -0.790. The molecule has 1 saturated heterocycles. The van der Waals surface area contributed by atoms with Crippen LogP contribution < -0.4 is 5.32 Å². The molecule has 0 saturated carbocycles. The lowest BCUT2D eigenvalue weighted by molar-refractivity contribution is 0.862. The van der Waals surface area contributed by atoms with Crippen molar-refractivity contribution in [3.8, 4) is 0 Å². The summed E-state index contributed by atoms with van der Waals surface area (Å²) in [6, 6.07) is 7.95. The normalized spacial score (nSPS) is 19.6. The van der Waals surface area contributed by atoms with Crippen molar-refractivity contribution < 1.29 is 0 Å². The summed E-state index contributed by atoms with van der Waals surface area (Å²) in [4.78, 5) is 0. The Bertz CT molecular complexity index is 305. The fourth-order valence-electron chi connectivity index (χ4n) is 1.50. The van der Waals surface area contributed by atoms with E-state index >= 15 is 0 Å². The maximum absolute atomic E-state index is 5.80. The SMILES string of the molecule is Clc1ccc(C=C2CCNC2)cc1. The molecule has 1 aliphatic rings. The average molecular weight is 194 g/mol. The van der Waals surface area contributed by atoms with Crippen LogP contribution in [-0.4, -0.2) is 13.1 Å². The van der Waals surface area contributed by atoms with E-state index in [1.165, 1.54) is 17.6 Å². The molecule has 0 bridgehead atoms. The van der Waals surface area contributed by atoms with Crippen molar-refractivity contribution >= 4 is 17.7 Å². The molecule has 1 fully saturated rings. The van der Waals surface area contributed by atoms with E-state index in [0.29, 0.717) is 0 Å². The molecule has 1 aliphatic heterocycles. The van der Waals surface area contributed by atoms with E-state index < -0.39 is 0 Å². The van der Waals surface area contributed by atoms with Crippen molar-refractivity contribution in [2.24, 2.45) is 0 Å². The second kappa shape index (κ2) is 3.95. The van der Waals surface area contributed by atoms with E-state index in [9.17, 15) is 0 Å². The molecule has 2 heteroatoms. The Balaban J connectivity index is 2.17. The zero-order valence-corrected chi connectivity index (χ0v) is 8.14. The van der Waals surface area contributed by atoms with E-state index in [2.05, 4.69) is 11.4 Å². The van der Waals surface area contributed by atoms with Crippen LogP contribution in [-0.2, 0) is 0 Å². The van der Waals surface area contributed by atoms with E-state index in [4.69, 9.17) is 11.6 Å². The highest BCUT2D eigenvalue weighted by atomic mass is 35.5. The summed E-state index contributed by atoms with van der Waals surface area (Å²) < 4.78 is 0. The van der Waals surface area contributed by atoms with Crippen LogP contribution in [0.25, 0.3) is 6.08 Å². The Morgan fingerprint density at radius 3 is 2.62 bits per heavy atom. The lowest BCUT2D eigenvalue weighted by atomic mass is 10.1. The molecule has 0 amide bonds. The number of hydrogen-bond acceptors (Lipinski definition) is 1. The Morgan fingerprint density at radius 1 is 1.23 bits per heavy atom. The monoisotopic (exact) mass is 193 g/mol. The van der Waals surface area contributed by atoms with Gasteiger partial charge in [-0.25, -0.2) is 0 Å². The lowest BCUT2D eigenvalue weighted by Gasteiger charge is -1.96. The second-order valence-electron chi connectivity index (χ2n) is 3.28. The molecule has 0 atom stereocenters. The minimum Gasteiger partial charge on any atom is -0.313 e. The van der Waals surface area contributed by atoms with Crippen molar-refractivity contribution in [2.75, 3.05) is 13.1 Å². The highest BCUT2D eigenvalue weighted by Gasteiger charge is 2.04. The average Bonchev–Trinajstić information content (AvgIpc) is 2.62. The zero-order valence-electron chi connectivity index (χ0n) is 7.39. The third-order valence-electron chi connectivity index (χ3n) is 2.22. The molecule has 1 N–H and O–H groups in total. The van der Waals surface area contributed by atoms with Gasteiger partial charge in [0.2, 0.25) is 0 Å². The predicted octanol–water partition coefficient (Wildman–Crippen LogP) is 2.72. The molecule has 1 aromatic carbocycles. The summed E-state index contributed by atoms with van der Waals surface area (Å²) in [6.07, 6.45) is 3.40. The highest BCUT2D eigenvalue weighted by molar-refractivity contribution is 6.30. The highest BCUT2D eigenvalue weighted by Crippen LogP contribution is 2.15. The molecule has 2 rings (SSSR count). The first kappa shape index (κ1) is 8.79. The molecule has 13 heavy (non-hydrogen) atoms. The van der Waals surface area contributed by atoms with Gasteiger partial charge in [0.05, 0.1) is 0 Å². The minimum atomic E-state index is 0.798. The van der Waals surface area contributed by atoms with Crippen LogP contribution in [0.15, 0.2) is 29.8 Å². The fraction of sp³-hybridized carbons (Fsp3) is 0.273. The van der Waals surface area contributed by atoms with Crippen LogP contribution in [0.5, 0.6) is 0 Å². The van der Waals surface area contributed by atoms with Crippen LogP contribution in [0.1, 0.15) is 12.0 Å². The zero-order chi connectivity index (χ0) is 9.10. The van der Waals surface area contributed by atoms with Crippen molar-refractivity contribution in [3.63, 3.8) is 0 Å². The summed E-state index contributed by atoms with van der Waals surface area (Å²) in [5.41, 5.74) is 2.71. The van der Waals surface area contributed by atoms with E-state index in [0.717, 1.165) is 18.1 Å². The molecule has 0 radical (unpaired) electrons. The maximum atomic E-state index is 5.80. The Morgan fingerprint density at radius 2 is 2.00 bits per heavy atom. The van der Waals surface area contributed by atoms with Gasteiger partial charge in [0.1, 0.15) is 0 Å². The first-order valence-corrected chi connectivity index (χ1v) is 4.88. The molecule has 0 aromatic heterocycles. The predicted molar refractivity (Wildman–Crippen MR) is 56.9 cm³/mol. The molecule has 1 aromatic rings. The first-order chi connectivity index (χ1) is 6.34. The number of halogens is 1. The molecule has 68 valence electrons. The lowest BCUT2D eigenvalue weighted by Crippen LogP contribution is -2.04. The molecule has 1 heterocycles. The largest absolute Gasteiger partial charge is 0.313 e. The summed E-state index contributed by atoms with van der Waals surface area (Å²) in [7, 11) is 0.